The Hall–Kier alpha value is -2.94. The third-order valence-electron chi connectivity index (χ3n) is 5.03. The van der Waals surface area contributed by atoms with Gasteiger partial charge in [-0.1, -0.05) is 53.0 Å². The summed E-state index contributed by atoms with van der Waals surface area (Å²) in [5.74, 6) is -0.0255. The van der Waals surface area contributed by atoms with Crippen LogP contribution < -0.4 is 10.6 Å². The van der Waals surface area contributed by atoms with Crippen molar-refractivity contribution in [3.8, 4) is 21.9 Å². The van der Waals surface area contributed by atoms with Crippen molar-refractivity contribution in [2.75, 3.05) is 5.32 Å². The fourth-order valence-electron chi connectivity index (χ4n) is 3.41. The second-order valence-electron chi connectivity index (χ2n) is 7.35. The highest BCUT2D eigenvalue weighted by molar-refractivity contribution is 7.80. The molecule has 0 unspecified atom stereocenters. The highest BCUT2D eigenvalue weighted by Gasteiger charge is 2.18. The molecule has 0 saturated heterocycles. The first-order valence-corrected chi connectivity index (χ1v) is 12.6. The highest BCUT2D eigenvalue weighted by Crippen LogP contribution is 2.36. The average molecular weight is 559 g/mol. The molecule has 5 aromatic rings. The van der Waals surface area contributed by atoms with Crippen LogP contribution in [0.25, 0.3) is 32.1 Å². The SMILES string of the molecule is O=C(NC(=S)Nc1ccc(Cl)cc1-c1nc2ccccc2s1)c1ccc(-c2cccc(Cl)c2Cl)o1. The molecule has 0 radical (unpaired) electrons. The Morgan fingerprint density at radius 1 is 0.943 bits per heavy atom. The van der Waals surface area contributed by atoms with Gasteiger partial charge in [0.2, 0.25) is 0 Å². The minimum atomic E-state index is -0.512. The van der Waals surface area contributed by atoms with E-state index in [0.717, 1.165) is 20.8 Å². The number of furan rings is 1. The first-order chi connectivity index (χ1) is 16.9. The lowest BCUT2D eigenvalue weighted by Crippen LogP contribution is -2.34. The van der Waals surface area contributed by atoms with Gasteiger partial charge in [0.25, 0.3) is 5.91 Å². The Balaban J connectivity index is 1.34. The number of rotatable bonds is 4. The van der Waals surface area contributed by atoms with E-state index in [-0.39, 0.29) is 10.9 Å². The number of amides is 1. The minimum Gasteiger partial charge on any atom is -0.451 e. The fourth-order valence-corrected chi connectivity index (χ4v) is 5.17. The third-order valence-corrected chi connectivity index (χ3v) is 7.36. The smallest absolute Gasteiger partial charge is 0.293 e. The molecule has 0 saturated carbocycles. The highest BCUT2D eigenvalue weighted by atomic mass is 35.5. The van der Waals surface area contributed by atoms with Crippen molar-refractivity contribution in [1.82, 2.24) is 10.3 Å². The zero-order valence-electron chi connectivity index (χ0n) is 17.6. The van der Waals surface area contributed by atoms with Crippen LogP contribution in [0.1, 0.15) is 10.6 Å². The first-order valence-electron chi connectivity index (χ1n) is 10.2. The average Bonchev–Trinajstić information content (AvgIpc) is 3.49. The molecular formula is C25H14Cl3N3O2S2. The number of fused-ring (bicyclic) bond motifs is 1. The molecule has 2 N–H and O–H groups in total. The van der Waals surface area contributed by atoms with Gasteiger partial charge in [0.15, 0.2) is 10.9 Å². The summed E-state index contributed by atoms with van der Waals surface area (Å²) in [4.78, 5) is 17.4. The molecule has 35 heavy (non-hydrogen) atoms. The summed E-state index contributed by atoms with van der Waals surface area (Å²) in [5, 5.41) is 7.87. The van der Waals surface area contributed by atoms with Crippen molar-refractivity contribution in [3.05, 3.63) is 93.6 Å². The lowest BCUT2D eigenvalue weighted by Gasteiger charge is -2.12. The molecule has 5 nitrogen and oxygen atoms in total. The number of thiazole rings is 1. The van der Waals surface area contributed by atoms with E-state index in [0.29, 0.717) is 32.1 Å². The Morgan fingerprint density at radius 3 is 2.60 bits per heavy atom. The zero-order valence-corrected chi connectivity index (χ0v) is 21.5. The van der Waals surface area contributed by atoms with Gasteiger partial charge in [-0.05, 0) is 66.8 Å². The van der Waals surface area contributed by atoms with E-state index in [4.69, 9.17) is 56.4 Å². The van der Waals surface area contributed by atoms with E-state index in [1.165, 1.54) is 11.3 Å². The van der Waals surface area contributed by atoms with Crippen LogP contribution in [0.15, 0.2) is 77.2 Å². The van der Waals surface area contributed by atoms with Gasteiger partial charge in [0.1, 0.15) is 10.8 Å². The van der Waals surface area contributed by atoms with Gasteiger partial charge in [0, 0.05) is 16.1 Å². The maximum Gasteiger partial charge on any atom is 0.293 e. The number of thiocarbonyl (C=S) groups is 1. The van der Waals surface area contributed by atoms with E-state index in [2.05, 4.69) is 10.6 Å². The number of hydrogen-bond acceptors (Lipinski definition) is 5. The maximum absolute atomic E-state index is 12.7. The maximum atomic E-state index is 12.7. The van der Waals surface area contributed by atoms with Crippen molar-refractivity contribution in [3.63, 3.8) is 0 Å². The van der Waals surface area contributed by atoms with Crippen LogP contribution in [0, 0.1) is 0 Å². The van der Waals surface area contributed by atoms with Gasteiger partial charge in [-0.3, -0.25) is 10.1 Å². The van der Waals surface area contributed by atoms with Crippen LogP contribution in [-0.2, 0) is 0 Å². The Labute approximate surface area is 224 Å². The summed E-state index contributed by atoms with van der Waals surface area (Å²) < 4.78 is 6.75. The summed E-state index contributed by atoms with van der Waals surface area (Å²) >= 11 is 25.5. The summed E-state index contributed by atoms with van der Waals surface area (Å²) in [6.45, 7) is 0. The topological polar surface area (TPSA) is 67.2 Å². The van der Waals surface area contributed by atoms with Crippen LogP contribution in [0.5, 0.6) is 0 Å². The van der Waals surface area contributed by atoms with Crippen LogP contribution in [0.2, 0.25) is 15.1 Å². The van der Waals surface area contributed by atoms with E-state index in [1.54, 1.807) is 48.5 Å². The molecule has 0 spiro atoms. The van der Waals surface area contributed by atoms with E-state index in [9.17, 15) is 4.79 Å². The molecule has 0 aliphatic carbocycles. The summed E-state index contributed by atoms with van der Waals surface area (Å²) in [5.41, 5.74) is 2.90. The summed E-state index contributed by atoms with van der Waals surface area (Å²) in [6, 6.07) is 21.6. The number of carbonyl (C=O) groups excluding carboxylic acids is 1. The molecule has 3 aromatic carbocycles. The predicted molar refractivity (Wildman–Crippen MR) is 148 cm³/mol. The number of aromatic nitrogens is 1. The third kappa shape index (κ3) is 5.05. The fraction of sp³-hybridized carbons (Fsp3) is 0. The molecule has 0 aliphatic rings. The molecule has 0 atom stereocenters. The number of halogens is 3. The second kappa shape index (κ2) is 9.97. The quantitative estimate of drug-likeness (QED) is 0.217. The molecule has 2 aromatic heterocycles. The van der Waals surface area contributed by atoms with Crippen molar-refractivity contribution >= 4 is 85.3 Å². The molecule has 10 heteroatoms. The standard InChI is InChI=1S/C25H14Cl3N3O2S2/c26-13-8-9-17(15(12-13)24-29-18-6-1-2-7-21(18)35-24)30-25(34)31-23(32)20-11-10-19(33-20)14-4-3-5-16(27)22(14)28/h1-12H,(H2,30,31,32,34). The van der Waals surface area contributed by atoms with Gasteiger partial charge in [-0.15, -0.1) is 11.3 Å². The molecule has 0 bridgehead atoms. The molecule has 174 valence electrons. The lowest BCUT2D eigenvalue weighted by atomic mass is 10.2. The largest absolute Gasteiger partial charge is 0.451 e. The minimum absolute atomic E-state index is 0.0719. The number of anilines is 1. The van der Waals surface area contributed by atoms with Crippen molar-refractivity contribution in [1.29, 1.82) is 0 Å². The normalized spacial score (nSPS) is 10.9. The molecule has 0 fully saturated rings. The summed E-state index contributed by atoms with van der Waals surface area (Å²) in [7, 11) is 0. The molecular weight excluding hydrogens is 545 g/mol. The number of para-hydroxylation sites is 1. The Kier molecular flexibility index (Phi) is 6.77. The van der Waals surface area contributed by atoms with Gasteiger partial charge in [-0.25, -0.2) is 4.98 Å². The predicted octanol–water partition coefficient (Wildman–Crippen LogP) is 8.31. The Bertz CT molecular complexity index is 1560. The van der Waals surface area contributed by atoms with Crippen LogP contribution in [0.3, 0.4) is 0 Å². The van der Waals surface area contributed by atoms with E-state index < -0.39 is 5.91 Å². The molecule has 1 amide bonds. The number of nitrogens with zero attached hydrogens (tertiary/aromatic N) is 1. The Morgan fingerprint density at radius 2 is 1.77 bits per heavy atom. The van der Waals surface area contributed by atoms with Crippen LogP contribution >= 0.6 is 58.4 Å². The first kappa shape index (κ1) is 23.8. The van der Waals surface area contributed by atoms with Crippen molar-refractivity contribution < 1.29 is 9.21 Å². The van der Waals surface area contributed by atoms with E-state index >= 15 is 0 Å². The number of hydrogen-bond donors (Lipinski definition) is 2. The molecule has 5 rings (SSSR count). The van der Waals surface area contributed by atoms with Gasteiger partial charge in [-0.2, -0.15) is 0 Å². The van der Waals surface area contributed by atoms with Gasteiger partial charge in [0.05, 0.1) is 25.9 Å². The number of nitrogens with one attached hydrogen (secondary N) is 2. The molecule has 2 heterocycles. The number of benzene rings is 3. The van der Waals surface area contributed by atoms with Crippen LogP contribution in [0.4, 0.5) is 5.69 Å². The summed E-state index contributed by atoms with van der Waals surface area (Å²) in [6.07, 6.45) is 0. The van der Waals surface area contributed by atoms with Crippen molar-refractivity contribution in [2.24, 2.45) is 0 Å². The van der Waals surface area contributed by atoms with Gasteiger partial charge < -0.3 is 9.73 Å². The molecule has 0 aliphatic heterocycles. The number of carbonyl (C=O) groups is 1. The van der Waals surface area contributed by atoms with Crippen LogP contribution in [-0.4, -0.2) is 16.0 Å². The van der Waals surface area contributed by atoms with Gasteiger partial charge >= 0.3 is 0 Å². The second-order valence-corrected chi connectivity index (χ2v) is 10.0. The van der Waals surface area contributed by atoms with E-state index in [1.807, 2.05) is 24.3 Å². The monoisotopic (exact) mass is 557 g/mol. The zero-order chi connectivity index (χ0) is 24.5. The lowest BCUT2D eigenvalue weighted by molar-refractivity contribution is 0.0951. The van der Waals surface area contributed by atoms with Crippen molar-refractivity contribution in [2.45, 2.75) is 0 Å².